The van der Waals surface area contributed by atoms with E-state index in [2.05, 4.69) is 27.2 Å². The number of nitrogens with one attached hydrogen (secondary N) is 1. The summed E-state index contributed by atoms with van der Waals surface area (Å²) in [7, 11) is 8.04. The van der Waals surface area contributed by atoms with E-state index in [0.29, 0.717) is 5.56 Å². The zero-order chi connectivity index (χ0) is 19.8. The predicted molar refractivity (Wildman–Crippen MR) is 118 cm³/mol. The molecule has 1 N–H and O–H groups in total. The second kappa shape index (κ2) is 6.93. The van der Waals surface area contributed by atoms with Crippen LogP contribution in [0.4, 0.5) is 34.1 Å². The largest absolute Gasteiger partial charge is 0.378 e. The van der Waals surface area contributed by atoms with Crippen LogP contribution >= 0.6 is 0 Å². The van der Waals surface area contributed by atoms with Gasteiger partial charge >= 0.3 is 0 Å². The van der Waals surface area contributed by atoms with Gasteiger partial charge in [0.25, 0.3) is 5.91 Å². The fourth-order valence-electron chi connectivity index (χ4n) is 3.40. The molecule has 1 aliphatic rings. The number of rotatable bonds is 3. The molecule has 0 saturated carbocycles. The maximum atomic E-state index is 13.4. The molecule has 0 saturated heterocycles. The molecular formula is C23H24N4O. The Balaban J connectivity index is 1.88. The van der Waals surface area contributed by atoms with Crippen molar-refractivity contribution in [3.05, 3.63) is 72.3 Å². The summed E-state index contributed by atoms with van der Waals surface area (Å²) < 4.78 is 0. The summed E-state index contributed by atoms with van der Waals surface area (Å²) in [5, 5.41) is 3.52. The highest BCUT2D eigenvalue weighted by Crippen LogP contribution is 2.46. The molecule has 3 aromatic carbocycles. The van der Waals surface area contributed by atoms with Crippen molar-refractivity contribution < 1.29 is 4.79 Å². The van der Waals surface area contributed by atoms with Gasteiger partial charge in [0.1, 0.15) is 0 Å². The first-order chi connectivity index (χ1) is 13.5. The fourth-order valence-corrected chi connectivity index (χ4v) is 3.40. The van der Waals surface area contributed by atoms with E-state index in [-0.39, 0.29) is 5.91 Å². The summed E-state index contributed by atoms with van der Waals surface area (Å²) in [5.41, 5.74) is 6.35. The van der Waals surface area contributed by atoms with Crippen molar-refractivity contribution in [3.63, 3.8) is 0 Å². The second-order valence-corrected chi connectivity index (χ2v) is 7.32. The summed E-state index contributed by atoms with van der Waals surface area (Å²) in [6.45, 7) is 0. The van der Waals surface area contributed by atoms with Crippen LogP contribution in [0.1, 0.15) is 10.4 Å². The van der Waals surface area contributed by atoms with Crippen molar-refractivity contribution in [2.24, 2.45) is 0 Å². The first kappa shape index (κ1) is 17.9. The van der Waals surface area contributed by atoms with Gasteiger partial charge in [-0.15, -0.1) is 0 Å². The van der Waals surface area contributed by atoms with Crippen LogP contribution in [-0.2, 0) is 0 Å². The van der Waals surface area contributed by atoms with E-state index >= 15 is 0 Å². The van der Waals surface area contributed by atoms with E-state index < -0.39 is 0 Å². The van der Waals surface area contributed by atoms with Crippen LogP contribution in [0.25, 0.3) is 0 Å². The summed E-state index contributed by atoms with van der Waals surface area (Å²) in [6, 6.07) is 21.6. The Bertz CT molecular complexity index is 971. The lowest BCUT2D eigenvalue weighted by atomic mass is 10.1. The van der Waals surface area contributed by atoms with E-state index in [0.717, 1.165) is 34.1 Å². The van der Waals surface area contributed by atoms with Crippen molar-refractivity contribution >= 4 is 40.0 Å². The third-order valence-electron chi connectivity index (χ3n) is 4.97. The Labute approximate surface area is 165 Å². The van der Waals surface area contributed by atoms with Crippen LogP contribution in [-0.4, -0.2) is 34.1 Å². The molecule has 0 aliphatic carbocycles. The van der Waals surface area contributed by atoms with Gasteiger partial charge in [-0.2, -0.15) is 0 Å². The predicted octanol–water partition coefficient (Wildman–Crippen LogP) is 4.85. The first-order valence-electron chi connectivity index (χ1n) is 9.25. The van der Waals surface area contributed by atoms with Gasteiger partial charge in [-0.1, -0.05) is 18.2 Å². The molecule has 5 heteroatoms. The minimum absolute atomic E-state index is 0.0418. The van der Waals surface area contributed by atoms with Crippen molar-refractivity contribution in [2.45, 2.75) is 0 Å². The lowest BCUT2D eigenvalue weighted by Crippen LogP contribution is -2.30. The molecular weight excluding hydrogens is 348 g/mol. The van der Waals surface area contributed by atoms with Gasteiger partial charge in [0.05, 0.1) is 22.7 Å². The lowest BCUT2D eigenvalue weighted by molar-refractivity contribution is 0.0999. The zero-order valence-electron chi connectivity index (χ0n) is 16.6. The molecule has 0 spiro atoms. The first-order valence-corrected chi connectivity index (χ1v) is 9.25. The standard InChI is InChI=1S/C23H24N4O/c1-25(2)17-10-12-21-19(14-17)24-20-15-18(26(3)4)11-13-22(20)27(21)23(28)16-8-6-5-7-9-16/h5-15,24H,1-4H3. The third kappa shape index (κ3) is 3.05. The van der Waals surface area contributed by atoms with Crippen molar-refractivity contribution in [1.82, 2.24) is 0 Å². The summed E-state index contributed by atoms with van der Waals surface area (Å²) >= 11 is 0. The number of fused-ring (bicyclic) bond motifs is 2. The molecule has 4 rings (SSSR count). The number of anilines is 6. The quantitative estimate of drug-likeness (QED) is 0.713. The molecule has 5 nitrogen and oxygen atoms in total. The Morgan fingerprint density at radius 3 is 1.71 bits per heavy atom. The van der Waals surface area contributed by atoms with Crippen molar-refractivity contribution in [3.8, 4) is 0 Å². The van der Waals surface area contributed by atoms with E-state index in [1.807, 2.05) is 82.8 Å². The molecule has 0 fully saturated rings. The average molecular weight is 372 g/mol. The summed E-state index contributed by atoms with van der Waals surface area (Å²) in [6.07, 6.45) is 0. The lowest BCUT2D eigenvalue weighted by Gasteiger charge is -2.34. The number of carbonyl (C=O) groups excluding carboxylic acids is 1. The third-order valence-corrected chi connectivity index (χ3v) is 4.97. The molecule has 0 unspecified atom stereocenters. The van der Waals surface area contributed by atoms with Gasteiger partial charge in [-0.3, -0.25) is 9.69 Å². The summed E-state index contributed by atoms with van der Waals surface area (Å²) in [4.78, 5) is 19.3. The van der Waals surface area contributed by atoms with Gasteiger partial charge in [-0.25, -0.2) is 0 Å². The van der Waals surface area contributed by atoms with Crippen molar-refractivity contribution in [2.75, 3.05) is 48.2 Å². The average Bonchev–Trinajstić information content (AvgIpc) is 2.71. The topological polar surface area (TPSA) is 38.8 Å². The van der Waals surface area contributed by atoms with Crippen LogP contribution in [0.2, 0.25) is 0 Å². The number of hydrogen-bond acceptors (Lipinski definition) is 4. The van der Waals surface area contributed by atoms with E-state index in [9.17, 15) is 4.79 Å². The van der Waals surface area contributed by atoms with Crippen LogP contribution in [0.15, 0.2) is 66.7 Å². The maximum Gasteiger partial charge on any atom is 0.262 e. The molecule has 0 bridgehead atoms. The van der Waals surface area contributed by atoms with Gasteiger partial charge in [0.2, 0.25) is 0 Å². The molecule has 28 heavy (non-hydrogen) atoms. The van der Waals surface area contributed by atoms with Gasteiger partial charge in [0, 0.05) is 45.1 Å². The Morgan fingerprint density at radius 2 is 1.25 bits per heavy atom. The number of benzene rings is 3. The molecule has 3 aromatic rings. The van der Waals surface area contributed by atoms with E-state index in [1.54, 1.807) is 4.90 Å². The monoisotopic (exact) mass is 372 g/mol. The number of hydrogen-bond donors (Lipinski definition) is 1. The van der Waals surface area contributed by atoms with Crippen LogP contribution < -0.4 is 20.0 Å². The molecule has 1 aliphatic heterocycles. The van der Waals surface area contributed by atoms with Crippen LogP contribution in [0, 0.1) is 0 Å². The molecule has 1 amide bonds. The fraction of sp³-hybridized carbons (Fsp3) is 0.174. The summed E-state index contributed by atoms with van der Waals surface area (Å²) in [5.74, 6) is -0.0418. The Hall–Kier alpha value is -3.47. The number of nitrogens with zero attached hydrogens (tertiary/aromatic N) is 3. The highest BCUT2D eigenvalue weighted by molar-refractivity contribution is 6.16. The molecule has 0 radical (unpaired) electrons. The molecule has 0 atom stereocenters. The minimum Gasteiger partial charge on any atom is -0.378 e. The highest BCUT2D eigenvalue weighted by atomic mass is 16.2. The van der Waals surface area contributed by atoms with Crippen LogP contribution in [0.5, 0.6) is 0 Å². The van der Waals surface area contributed by atoms with E-state index in [1.165, 1.54) is 0 Å². The van der Waals surface area contributed by atoms with Crippen LogP contribution in [0.3, 0.4) is 0 Å². The van der Waals surface area contributed by atoms with Gasteiger partial charge in [0.15, 0.2) is 0 Å². The molecule has 142 valence electrons. The number of carbonyl (C=O) groups is 1. The highest BCUT2D eigenvalue weighted by Gasteiger charge is 2.29. The zero-order valence-corrected chi connectivity index (χ0v) is 16.6. The Kier molecular flexibility index (Phi) is 4.43. The minimum atomic E-state index is -0.0418. The normalized spacial score (nSPS) is 11.9. The Morgan fingerprint density at radius 1 is 0.750 bits per heavy atom. The molecule has 1 heterocycles. The SMILES string of the molecule is CN(C)c1ccc2c(c1)Nc1cc(N(C)C)ccc1N2C(=O)c1ccccc1. The van der Waals surface area contributed by atoms with Crippen molar-refractivity contribution in [1.29, 1.82) is 0 Å². The number of amides is 1. The second-order valence-electron chi connectivity index (χ2n) is 7.32. The smallest absolute Gasteiger partial charge is 0.262 e. The van der Waals surface area contributed by atoms with Gasteiger partial charge < -0.3 is 15.1 Å². The molecule has 0 aromatic heterocycles. The maximum absolute atomic E-state index is 13.4. The van der Waals surface area contributed by atoms with E-state index in [4.69, 9.17) is 0 Å². The van der Waals surface area contributed by atoms with Gasteiger partial charge in [-0.05, 0) is 48.5 Å².